The van der Waals surface area contributed by atoms with Crippen LogP contribution in [0.15, 0.2) is 52.7 Å². The maximum absolute atomic E-state index is 14.1. The van der Waals surface area contributed by atoms with Gasteiger partial charge in [-0.1, -0.05) is 17.7 Å². The van der Waals surface area contributed by atoms with E-state index in [-0.39, 0.29) is 48.9 Å². The number of thiazole rings is 1. The fourth-order valence-corrected chi connectivity index (χ4v) is 6.23. The molecule has 2 aliphatic heterocycles. The number of carbonyl (C=O) groups is 3. The molecule has 16 heteroatoms. The number of benzene rings is 1. The zero-order valence-electron chi connectivity index (χ0n) is 24.1. The first-order valence-corrected chi connectivity index (χ1v) is 15.0. The topological polar surface area (TPSA) is 128 Å². The van der Waals surface area contributed by atoms with Gasteiger partial charge in [0.1, 0.15) is 29.8 Å². The van der Waals surface area contributed by atoms with Crippen LogP contribution in [0.3, 0.4) is 0 Å². The minimum atomic E-state index is -2.92. The molecular weight excluding hydrogens is 637 g/mol. The van der Waals surface area contributed by atoms with Crippen LogP contribution in [0.4, 0.5) is 18.0 Å². The summed E-state index contributed by atoms with van der Waals surface area (Å²) in [6.45, 7) is -1.75. The van der Waals surface area contributed by atoms with Gasteiger partial charge in [-0.15, -0.1) is 11.3 Å². The molecule has 2 aliphatic rings. The van der Waals surface area contributed by atoms with E-state index in [9.17, 15) is 27.6 Å². The third kappa shape index (κ3) is 7.04. The van der Waals surface area contributed by atoms with E-state index >= 15 is 0 Å². The molecule has 4 heterocycles. The van der Waals surface area contributed by atoms with Crippen molar-refractivity contribution in [3.8, 4) is 0 Å². The number of amidine groups is 1. The Labute approximate surface area is 264 Å². The number of ketones is 1. The van der Waals surface area contributed by atoms with Crippen LogP contribution in [0.5, 0.6) is 0 Å². The maximum Gasteiger partial charge on any atom is 0.407 e. The molecule has 5 rings (SSSR count). The van der Waals surface area contributed by atoms with Crippen LogP contribution < -0.4 is 5.32 Å². The zero-order valence-corrected chi connectivity index (χ0v) is 25.7. The summed E-state index contributed by atoms with van der Waals surface area (Å²) in [5, 5.41) is 9.22. The molecule has 0 aliphatic carbocycles. The number of alkyl carbamates (subject to hydrolysis) is 1. The summed E-state index contributed by atoms with van der Waals surface area (Å²) in [7, 11) is 1.19. The predicted molar refractivity (Wildman–Crippen MR) is 158 cm³/mol. The van der Waals surface area contributed by atoms with Gasteiger partial charge in [-0.3, -0.25) is 9.79 Å². The van der Waals surface area contributed by atoms with Gasteiger partial charge in [0.2, 0.25) is 0 Å². The number of Topliss-reactive ketones (excluding diaryl/α,β-unsaturated/α-hetero) is 1. The first-order chi connectivity index (χ1) is 21.5. The fraction of sp³-hybridized carbons (Fsp3) is 0.379. The highest BCUT2D eigenvalue weighted by Crippen LogP contribution is 2.48. The van der Waals surface area contributed by atoms with E-state index in [0.29, 0.717) is 38.8 Å². The number of alkyl halides is 2. The number of rotatable bonds is 11. The number of nitrogens with one attached hydrogen (secondary N) is 1. The van der Waals surface area contributed by atoms with Crippen LogP contribution in [0.1, 0.15) is 61.5 Å². The molecule has 238 valence electrons. The molecule has 1 fully saturated rings. The van der Waals surface area contributed by atoms with Gasteiger partial charge in [-0.25, -0.2) is 18.9 Å². The van der Waals surface area contributed by atoms with Gasteiger partial charge in [-0.2, -0.15) is 13.9 Å². The largest absolute Gasteiger partial charge is 0.463 e. The van der Waals surface area contributed by atoms with Crippen LogP contribution in [0, 0.1) is 5.82 Å². The van der Waals surface area contributed by atoms with Gasteiger partial charge in [0.25, 0.3) is 0 Å². The Kier molecular flexibility index (Phi) is 9.58. The predicted octanol–water partition coefficient (Wildman–Crippen LogP) is 5.54. The highest BCUT2D eigenvalue weighted by Gasteiger charge is 2.50. The number of methoxy groups -OCH3 is 1. The number of nitrogens with zero attached hydrogens (tertiary/aromatic N) is 5. The highest BCUT2D eigenvalue weighted by molar-refractivity contribution is 7.11. The van der Waals surface area contributed by atoms with E-state index in [0.717, 1.165) is 12.3 Å². The van der Waals surface area contributed by atoms with E-state index in [1.807, 2.05) is 0 Å². The minimum Gasteiger partial charge on any atom is -0.463 e. The molecule has 1 N–H and O–H groups in total. The number of ether oxygens (including phenoxy) is 2. The van der Waals surface area contributed by atoms with Crippen molar-refractivity contribution in [3.05, 3.63) is 74.8 Å². The van der Waals surface area contributed by atoms with Crippen LogP contribution in [-0.4, -0.2) is 69.1 Å². The number of hydrogen-bond donors (Lipinski definition) is 1. The van der Waals surface area contributed by atoms with Crippen molar-refractivity contribution >= 4 is 52.2 Å². The lowest BCUT2D eigenvalue weighted by Crippen LogP contribution is -2.54. The monoisotopic (exact) mass is 664 g/mol. The second-order valence-electron chi connectivity index (χ2n) is 10.6. The Hall–Kier alpha value is -4.24. The Bertz CT molecular complexity index is 1660. The lowest BCUT2D eigenvalue weighted by molar-refractivity contribution is -0.145. The van der Waals surface area contributed by atoms with Crippen molar-refractivity contribution in [1.82, 2.24) is 25.0 Å². The number of fused-ring (bicyclic) bond motifs is 1. The standard InChI is InChI=1S/C29H28ClF3N6O5S/c1-16(40)4-3-5-22(41)44-15-29(36-28(42)43-2)13-21-23(20-8-10-39(37-20)27(32)33)24(18-7-6-17(31)12-19(18)30)35-25(38(21)14-29)26-34-9-11-45-26/h6-12,24,27H,3-5,13-15H2,1-2H3,(H,36,42)/t24-,29+/m0/s1. The first kappa shape index (κ1) is 32.2. The molecule has 2 aromatic heterocycles. The summed E-state index contributed by atoms with van der Waals surface area (Å²) in [5.41, 5.74) is 0.164. The number of esters is 1. The summed E-state index contributed by atoms with van der Waals surface area (Å²) in [6.07, 6.45) is 2.46. The maximum atomic E-state index is 14.1. The number of hydrogen-bond acceptors (Lipinski definition) is 10. The summed E-state index contributed by atoms with van der Waals surface area (Å²) in [4.78, 5) is 47.7. The summed E-state index contributed by atoms with van der Waals surface area (Å²) in [5.74, 6) is -0.822. The third-order valence-electron chi connectivity index (χ3n) is 7.32. The SMILES string of the molecule is COC(=O)N[C@]1(COC(=O)CCCC(C)=O)CC2=C(c3ccn(C(F)F)n3)[C@H](c3ccc(F)cc3Cl)N=C(c3nccs3)N2C1. The Morgan fingerprint density at radius 2 is 2.04 bits per heavy atom. The number of carbonyl (C=O) groups excluding carboxylic acids is 3. The van der Waals surface area contributed by atoms with Crippen molar-refractivity contribution in [2.45, 2.75) is 50.7 Å². The average molecular weight is 665 g/mol. The van der Waals surface area contributed by atoms with Crippen LogP contribution in [0.25, 0.3) is 5.57 Å². The fourth-order valence-electron chi connectivity index (χ4n) is 5.32. The molecule has 1 aromatic carbocycles. The van der Waals surface area contributed by atoms with E-state index in [1.54, 1.807) is 16.5 Å². The van der Waals surface area contributed by atoms with E-state index < -0.39 is 36.0 Å². The van der Waals surface area contributed by atoms with E-state index in [1.165, 1.54) is 43.6 Å². The molecule has 0 bridgehead atoms. The minimum absolute atomic E-state index is 0.00638. The van der Waals surface area contributed by atoms with Crippen molar-refractivity contribution in [2.24, 2.45) is 4.99 Å². The second-order valence-corrected chi connectivity index (χ2v) is 11.9. The molecule has 0 unspecified atom stereocenters. The molecule has 1 amide bonds. The Morgan fingerprint density at radius 1 is 1.24 bits per heavy atom. The van der Waals surface area contributed by atoms with Crippen LogP contribution in [-0.2, 0) is 19.1 Å². The molecule has 3 aromatic rings. The third-order valence-corrected chi connectivity index (χ3v) is 8.42. The molecule has 1 saturated heterocycles. The molecule has 11 nitrogen and oxygen atoms in total. The first-order valence-electron chi connectivity index (χ1n) is 13.8. The van der Waals surface area contributed by atoms with Gasteiger partial charge in [0.15, 0.2) is 10.8 Å². The summed E-state index contributed by atoms with van der Waals surface area (Å²) >= 11 is 7.81. The molecular formula is C29H28ClF3N6O5S. The van der Waals surface area contributed by atoms with Gasteiger partial charge >= 0.3 is 18.6 Å². The van der Waals surface area contributed by atoms with Gasteiger partial charge < -0.3 is 24.5 Å². The summed E-state index contributed by atoms with van der Waals surface area (Å²) in [6, 6.07) is 4.28. The van der Waals surface area contributed by atoms with Crippen LogP contribution >= 0.6 is 22.9 Å². The summed E-state index contributed by atoms with van der Waals surface area (Å²) < 4.78 is 52.4. The van der Waals surface area contributed by atoms with Crippen molar-refractivity contribution in [2.75, 3.05) is 20.3 Å². The van der Waals surface area contributed by atoms with Gasteiger partial charge in [0.05, 0.1) is 19.3 Å². The van der Waals surface area contributed by atoms with E-state index in [4.69, 9.17) is 26.1 Å². The number of halogens is 4. The van der Waals surface area contributed by atoms with Gasteiger partial charge in [0, 0.05) is 58.9 Å². The normalized spacial score (nSPS) is 19.4. The lowest BCUT2D eigenvalue weighted by Gasteiger charge is -2.32. The molecule has 0 radical (unpaired) electrons. The van der Waals surface area contributed by atoms with Gasteiger partial charge in [-0.05, 0) is 31.5 Å². The molecule has 0 spiro atoms. The quantitative estimate of drug-likeness (QED) is 0.265. The number of aliphatic imine (C=N–C) groups is 1. The van der Waals surface area contributed by atoms with Crippen molar-refractivity contribution in [1.29, 1.82) is 0 Å². The van der Waals surface area contributed by atoms with Crippen molar-refractivity contribution < 1.29 is 37.0 Å². The lowest BCUT2D eigenvalue weighted by atomic mass is 9.90. The molecule has 0 saturated carbocycles. The number of aromatic nitrogens is 3. The van der Waals surface area contributed by atoms with E-state index in [2.05, 4.69) is 15.4 Å². The zero-order chi connectivity index (χ0) is 32.3. The molecule has 2 atom stereocenters. The highest BCUT2D eigenvalue weighted by atomic mass is 35.5. The second kappa shape index (κ2) is 13.4. The Balaban J connectivity index is 1.64. The Morgan fingerprint density at radius 3 is 2.69 bits per heavy atom. The number of amides is 1. The molecule has 45 heavy (non-hydrogen) atoms. The van der Waals surface area contributed by atoms with Crippen molar-refractivity contribution in [3.63, 3.8) is 0 Å². The smallest absolute Gasteiger partial charge is 0.407 e. The van der Waals surface area contributed by atoms with Crippen LogP contribution in [0.2, 0.25) is 5.02 Å². The average Bonchev–Trinajstić information content (AvgIpc) is 3.76.